The van der Waals surface area contributed by atoms with Gasteiger partial charge in [-0.2, -0.15) is 0 Å². The molecule has 2 nitrogen and oxygen atoms in total. The number of para-hydroxylation sites is 1. The number of nitrogens with zero attached hydrogens (tertiary/aromatic N) is 1. The summed E-state index contributed by atoms with van der Waals surface area (Å²) < 4.78 is 0. The standard InChI is InChI=1S/C13H20N2/c1-9(2)15-12-7-5-4-6-11(12)8-13(15)10(3)14/h4-7,9-10,13H,8,14H2,1-3H3. The smallest absolute Gasteiger partial charge is 0.0482 e. The van der Waals surface area contributed by atoms with Crippen molar-refractivity contribution in [3.05, 3.63) is 29.8 Å². The molecule has 15 heavy (non-hydrogen) atoms. The minimum atomic E-state index is 0.222. The molecule has 0 bridgehead atoms. The Balaban J connectivity index is 2.38. The fraction of sp³-hybridized carbons (Fsp3) is 0.538. The van der Waals surface area contributed by atoms with Crippen LogP contribution in [-0.2, 0) is 6.42 Å². The number of hydrogen-bond acceptors (Lipinski definition) is 2. The number of rotatable bonds is 2. The second-order valence-electron chi connectivity index (χ2n) is 4.76. The Bertz CT molecular complexity index is 344. The molecule has 1 aliphatic rings. The zero-order chi connectivity index (χ0) is 11.0. The van der Waals surface area contributed by atoms with Crippen molar-refractivity contribution in [1.82, 2.24) is 0 Å². The van der Waals surface area contributed by atoms with E-state index in [4.69, 9.17) is 5.73 Å². The SMILES string of the molecule is CC(N)C1Cc2ccccc2N1C(C)C. The normalized spacial score (nSPS) is 21.9. The van der Waals surface area contributed by atoms with Crippen molar-refractivity contribution in [3.63, 3.8) is 0 Å². The Kier molecular flexibility index (Phi) is 2.70. The van der Waals surface area contributed by atoms with Gasteiger partial charge < -0.3 is 10.6 Å². The molecule has 2 heteroatoms. The Labute approximate surface area is 92.1 Å². The molecule has 0 saturated carbocycles. The third-order valence-corrected chi connectivity index (χ3v) is 3.22. The van der Waals surface area contributed by atoms with Gasteiger partial charge in [-0.25, -0.2) is 0 Å². The topological polar surface area (TPSA) is 29.3 Å². The van der Waals surface area contributed by atoms with Crippen LogP contribution in [0.25, 0.3) is 0 Å². The van der Waals surface area contributed by atoms with Gasteiger partial charge in [0.15, 0.2) is 0 Å². The molecule has 0 spiro atoms. The van der Waals surface area contributed by atoms with Crippen LogP contribution >= 0.6 is 0 Å². The first-order valence-corrected chi connectivity index (χ1v) is 5.73. The van der Waals surface area contributed by atoms with Gasteiger partial charge in [-0.3, -0.25) is 0 Å². The van der Waals surface area contributed by atoms with Gasteiger partial charge in [0, 0.05) is 23.8 Å². The zero-order valence-corrected chi connectivity index (χ0v) is 9.77. The molecule has 82 valence electrons. The van der Waals surface area contributed by atoms with Crippen LogP contribution in [-0.4, -0.2) is 18.1 Å². The van der Waals surface area contributed by atoms with Crippen LogP contribution in [0.4, 0.5) is 5.69 Å². The minimum absolute atomic E-state index is 0.222. The van der Waals surface area contributed by atoms with Gasteiger partial charge in [-0.15, -0.1) is 0 Å². The molecule has 0 radical (unpaired) electrons. The largest absolute Gasteiger partial charge is 0.364 e. The first kappa shape index (κ1) is 10.5. The summed E-state index contributed by atoms with van der Waals surface area (Å²) in [5.41, 5.74) is 8.87. The molecule has 0 aromatic heterocycles. The van der Waals surface area contributed by atoms with E-state index in [1.807, 2.05) is 0 Å². The van der Waals surface area contributed by atoms with Crippen molar-refractivity contribution in [2.75, 3.05) is 4.90 Å². The third kappa shape index (κ3) is 1.74. The van der Waals surface area contributed by atoms with Gasteiger partial charge in [-0.1, -0.05) is 18.2 Å². The van der Waals surface area contributed by atoms with E-state index in [-0.39, 0.29) is 6.04 Å². The lowest BCUT2D eigenvalue weighted by Gasteiger charge is -2.33. The van der Waals surface area contributed by atoms with Crippen LogP contribution in [0.5, 0.6) is 0 Å². The van der Waals surface area contributed by atoms with E-state index in [0.29, 0.717) is 12.1 Å². The van der Waals surface area contributed by atoms with Gasteiger partial charge in [0.1, 0.15) is 0 Å². The number of anilines is 1. The molecular formula is C13H20N2. The average Bonchev–Trinajstić information content (AvgIpc) is 2.56. The molecule has 1 aromatic carbocycles. The highest BCUT2D eigenvalue weighted by Gasteiger charge is 2.32. The molecular weight excluding hydrogens is 184 g/mol. The highest BCUT2D eigenvalue weighted by molar-refractivity contribution is 5.60. The lowest BCUT2D eigenvalue weighted by Crippen LogP contribution is -2.47. The summed E-state index contributed by atoms with van der Waals surface area (Å²) in [7, 11) is 0. The molecule has 0 saturated heterocycles. The first-order valence-electron chi connectivity index (χ1n) is 5.73. The lowest BCUT2D eigenvalue weighted by atomic mass is 10.1. The molecule has 0 aliphatic carbocycles. The quantitative estimate of drug-likeness (QED) is 0.800. The maximum atomic E-state index is 6.06. The van der Waals surface area contributed by atoms with Crippen molar-refractivity contribution in [2.24, 2.45) is 5.73 Å². The van der Waals surface area contributed by atoms with Crippen LogP contribution in [0, 0.1) is 0 Å². The summed E-state index contributed by atoms with van der Waals surface area (Å²) in [5, 5.41) is 0. The highest BCUT2D eigenvalue weighted by atomic mass is 15.2. The highest BCUT2D eigenvalue weighted by Crippen LogP contribution is 2.34. The summed E-state index contributed by atoms with van der Waals surface area (Å²) in [6.45, 7) is 6.57. The number of hydrogen-bond donors (Lipinski definition) is 1. The van der Waals surface area contributed by atoms with Crippen LogP contribution in [0.15, 0.2) is 24.3 Å². The molecule has 0 fully saturated rings. The summed E-state index contributed by atoms with van der Waals surface area (Å²) in [6, 6.07) is 9.84. The molecule has 0 amide bonds. The van der Waals surface area contributed by atoms with Crippen molar-refractivity contribution in [1.29, 1.82) is 0 Å². The van der Waals surface area contributed by atoms with Crippen molar-refractivity contribution >= 4 is 5.69 Å². The van der Waals surface area contributed by atoms with Gasteiger partial charge >= 0.3 is 0 Å². The molecule has 1 heterocycles. The third-order valence-electron chi connectivity index (χ3n) is 3.22. The summed E-state index contributed by atoms with van der Waals surface area (Å²) >= 11 is 0. The van der Waals surface area contributed by atoms with Crippen LogP contribution in [0.3, 0.4) is 0 Å². The van der Waals surface area contributed by atoms with Crippen LogP contribution in [0.2, 0.25) is 0 Å². The fourth-order valence-corrected chi connectivity index (χ4v) is 2.54. The summed E-state index contributed by atoms with van der Waals surface area (Å²) in [6.07, 6.45) is 1.09. The molecule has 2 rings (SSSR count). The van der Waals surface area contributed by atoms with E-state index < -0.39 is 0 Å². The molecule has 2 unspecified atom stereocenters. The van der Waals surface area contributed by atoms with E-state index in [1.165, 1.54) is 11.3 Å². The Hall–Kier alpha value is -1.02. The van der Waals surface area contributed by atoms with Crippen molar-refractivity contribution < 1.29 is 0 Å². The number of nitrogens with two attached hydrogens (primary N) is 1. The van der Waals surface area contributed by atoms with E-state index in [0.717, 1.165) is 6.42 Å². The van der Waals surface area contributed by atoms with Gasteiger partial charge in [-0.05, 0) is 38.8 Å². The second-order valence-corrected chi connectivity index (χ2v) is 4.76. The van der Waals surface area contributed by atoms with E-state index in [2.05, 4.69) is 49.9 Å². The maximum Gasteiger partial charge on any atom is 0.0482 e. The molecule has 2 atom stereocenters. The fourth-order valence-electron chi connectivity index (χ4n) is 2.54. The van der Waals surface area contributed by atoms with Crippen LogP contribution < -0.4 is 10.6 Å². The lowest BCUT2D eigenvalue weighted by molar-refractivity contribution is 0.500. The van der Waals surface area contributed by atoms with Gasteiger partial charge in [0.05, 0.1) is 0 Å². The molecule has 1 aliphatic heterocycles. The van der Waals surface area contributed by atoms with E-state index in [1.54, 1.807) is 0 Å². The number of benzene rings is 1. The Morgan fingerprint density at radius 3 is 2.53 bits per heavy atom. The predicted octanol–water partition coefficient (Wildman–Crippen LogP) is 2.17. The number of fused-ring (bicyclic) bond motifs is 1. The monoisotopic (exact) mass is 204 g/mol. The molecule has 1 aromatic rings. The Morgan fingerprint density at radius 1 is 1.27 bits per heavy atom. The molecule has 2 N–H and O–H groups in total. The van der Waals surface area contributed by atoms with Gasteiger partial charge in [0.25, 0.3) is 0 Å². The summed E-state index contributed by atoms with van der Waals surface area (Å²) in [5.74, 6) is 0. The predicted molar refractivity (Wildman–Crippen MR) is 65.2 cm³/mol. The maximum absolute atomic E-state index is 6.06. The van der Waals surface area contributed by atoms with Gasteiger partial charge in [0.2, 0.25) is 0 Å². The zero-order valence-electron chi connectivity index (χ0n) is 9.77. The average molecular weight is 204 g/mol. The summed E-state index contributed by atoms with van der Waals surface area (Å²) in [4.78, 5) is 2.46. The van der Waals surface area contributed by atoms with Crippen molar-refractivity contribution in [2.45, 2.75) is 45.3 Å². The minimum Gasteiger partial charge on any atom is -0.364 e. The van der Waals surface area contributed by atoms with Crippen LogP contribution in [0.1, 0.15) is 26.3 Å². The Morgan fingerprint density at radius 2 is 1.93 bits per heavy atom. The van der Waals surface area contributed by atoms with E-state index in [9.17, 15) is 0 Å². The second kappa shape index (κ2) is 3.86. The van der Waals surface area contributed by atoms with E-state index >= 15 is 0 Å². The first-order chi connectivity index (χ1) is 7.11. The van der Waals surface area contributed by atoms with Crippen molar-refractivity contribution in [3.8, 4) is 0 Å².